The molecule has 0 bridgehead atoms. The molecule has 1 heterocycles. The maximum atomic E-state index is 12.1. The molecule has 2 N–H and O–H groups in total. The molecule has 0 aliphatic rings. The van der Waals surface area contributed by atoms with E-state index < -0.39 is 10.0 Å². The Hall–Kier alpha value is -1.43. The number of aliphatic imine (C=N–C) groups is 1. The van der Waals surface area contributed by atoms with E-state index in [0.29, 0.717) is 24.1 Å². The summed E-state index contributed by atoms with van der Waals surface area (Å²) in [6.07, 6.45) is 2.84. The molecule has 0 amide bonds. The summed E-state index contributed by atoms with van der Waals surface area (Å²) in [5.41, 5.74) is 1.06. The van der Waals surface area contributed by atoms with Crippen molar-refractivity contribution in [2.75, 3.05) is 27.2 Å². The normalized spacial score (nSPS) is 11.6. The highest BCUT2D eigenvalue weighted by Gasteiger charge is 2.13. The average molecular weight is 524 g/mol. The Kier molecular flexibility index (Phi) is 9.99. The van der Waals surface area contributed by atoms with Crippen LogP contribution in [0.25, 0.3) is 0 Å². The maximum absolute atomic E-state index is 12.1. The first kappa shape index (κ1) is 23.6. The van der Waals surface area contributed by atoms with Crippen LogP contribution in [-0.2, 0) is 16.6 Å². The van der Waals surface area contributed by atoms with Gasteiger partial charge in [0.1, 0.15) is 4.90 Å². The highest BCUT2D eigenvalue weighted by atomic mass is 127. The molecule has 27 heavy (non-hydrogen) atoms. The number of nitrogens with zero attached hydrogens (tertiary/aromatic N) is 3. The van der Waals surface area contributed by atoms with Crippen LogP contribution in [0.3, 0.4) is 0 Å². The second-order valence-electron chi connectivity index (χ2n) is 5.55. The zero-order valence-corrected chi connectivity index (χ0v) is 19.0. The van der Waals surface area contributed by atoms with E-state index in [1.165, 1.54) is 18.5 Å². The third-order valence-electron chi connectivity index (χ3n) is 3.53. The summed E-state index contributed by atoms with van der Waals surface area (Å²) < 4.78 is 26.8. The number of nitrogens with one attached hydrogen (secondary N) is 2. The van der Waals surface area contributed by atoms with Gasteiger partial charge in [-0.05, 0) is 29.8 Å². The van der Waals surface area contributed by atoms with Gasteiger partial charge in [0.15, 0.2) is 5.96 Å². The molecule has 1 aromatic carbocycles. The fourth-order valence-corrected chi connectivity index (χ4v) is 3.53. The largest absolute Gasteiger partial charge is 0.355 e. The lowest BCUT2D eigenvalue weighted by Gasteiger charge is -2.22. The van der Waals surface area contributed by atoms with Crippen LogP contribution in [0.5, 0.6) is 0 Å². The van der Waals surface area contributed by atoms with Crippen molar-refractivity contribution in [3.8, 4) is 0 Å². The molecular formula is C17H23ClIN5O2S. The van der Waals surface area contributed by atoms with E-state index in [1.807, 2.05) is 36.2 Å². The maximum Gasteiger partial charge on any atom is 0.242 e. The number of hydrogen-bond acceptors (Lipinski definition) is 4. The van der Waals surface area contributed by atoms with Crippen LogP contribution in [0.1, 0.15) is 5.56 Å². The van der Waals surface area contributed by atoms with Crippen LogP contribution in [0.4, 0.5) is 0 Å². The molecule has 2 rings (SSSR count). The SMILES string of the molecule is CN=C(NCCNS(=O)(=O)c1cccnc1)N(C)Cc1cccc(Cl)c1.I. The molecule has 7 nitrogen and oxygen atoms in total. The fraction of sp³-hybridized carbons (Fsp3) is 0.294. The molecule has 0 atom stereocenters. The van der Waals surface area contributed by atoms with Gasteiger partial charge in [0, 0.05) is 51.1 Å². The van der Waals surface area contributed by atoms with Crippen LogP contribution >= 0.6 is 35.6 Å². The van der Waals surface area contributed by atoms with Gasteiger partial charge in [0.25, 0.3) is 0 Å². The fourth-order valence-electron chi connectivity index (χ4n) is 2.32. The van der Waals surface area contributed by atoms with Crippen molar-refractivity contribution >= 4 is 51.6 Å². The van der Waals surface area contributed by atoms with Gasteiger partial charge in [-0.15, -0.1) is 24.0 Å². The van der Waals surface area contributed by atoms with Crippen molar-refractivity contribution in [1.29, 1.82) is 0 Å². The van der Waals surface area contributed by atoms with Crippen molar-refractivity contribution in [2.45, 2.75) is 11.4 Å². The topological polar surface area (TPSA) is 86.7 Å². The third-order valence-corrected chi connectivity index (χ3v) is 5.21. The molecule has 0 saturated heterocycles. The lowest BCUT2D eigenvalue weighted by molar-refractivity contribution is 0.477. The summed E-state index contributed by atoms with van der Waals surface area (Å²) >= 11 is 6.00. The summed E-state index contributed by atoms with van der Waals surface area (Å²) in [7, 11) is 0.0169. The average Bonchev–Trinajstić information content (AvgIpc) is 2.62. The van der Waals surface area contributed by atoms with E-state index in [2.05, 4.69) is 20.0 Å². The van der Waals surface area contributed by atoms with Crippen molar-refractivity contribution < 1.29 is 8.42 Å². The smallest absolute Gasteiger partial charge is 0.242 e. The van der Waals surface area contributed by atoms with Crippen LogP contribution in [0.2, 0.25) is 5.02 Å². The molecule has 0 radical (unpaired) electrons. The number of halogens is 2. The Bertz CT molecular complexity index is 849. The Morgan fingerprint density at radius 3 is 2.67 bits per heavy atom. The zero-order valence-electron chi connectivity index (χ0n) is 15.1. The number of sulfonamides is 1. The second-order valence-corrected chi connectivity index (χ2v) is 7.75. The van der Waals surface area contributed by atoms with Gasteiger partial charge in [0.2, 0.25) is 10.0 Å². The van der Waals surface area contributed by atoms with E-state index in [-0.39, 0.29) is 35.4 Å². The summed E-state index contributed by atoms with van der Waals surface area (Å²) in [4.78, 5) is 10.1. The zero-order chi connectivity index (χ0) is 19.0. The van der Waals surface area contributed by atoms with Gasteiger partial charge in [-0.1, -0.05) is 23.7 Å². The Balaban J connectivity index is 0.00000364. The Morgan fingerprint density at radius 2 is 2.04 bits per heavy atom. The van der Waals surface area contributed by atoms with Crippen LogP contribution < -0.4 is 10.0 Å². The molecule has 1 aromatic heterocycles. The summed E-state index contributed by atoms with van der Waals surface area (Å²) in [5, 5.41) is 3.81. The quantitative estimate of drug-likeness (QED) is 0.252. The number of pyridine rings is 1. The summed E-state index contributed by atoms with van der Waals surface area (Å²) in [5.74, 6) is 0.658. The minimum Gasteiger partial charge on any atom is -0.355 e. The highest BCUT2D eigenvalue weighted by molar-refractivity contribution is 14.0. The van der Waals surface area contributed by atoms with Gasteiger partial charge < -0.3 is 10.2 Å². The van der Waals surface area contributed by atoms with Crippen molar-refractivity contribution in [1.82, 2.24) is 19.9 Å². The van der Waals surface area contributed by atoms with E-state index >= 15 is 0 Å². The van der Waals surface area contributed by atoms with Gasteiger partial charge in [-0.25, -0.2) is 13.1 Å². The predicted molar refractivity (Wildman–Crippen MR) is 119 cm³/mol. The van der Waals surface area contributed by atoms with Crippen LogP contribution in [-0.4, -0.2) is 51.4 Å². The van der Waals surface area contributed by atoms with Crippen molar-refractivity contribution in [3.63, 3.8) is 0 Å². The minimum absolute atomic E-state index is 0. The lowest BCUT2D eigenvalue weighted by Crippen LogP contribution is -2.42. The van der Waals surface area contributed by atoms with Crippen molar-refractivity contribution in [2.24, 2.45) is 4.99 Å². The van der Waals surface area contributed by atoms with Crippen molar-refractivity contribution in [3.05, 3.63) is 59.4 Å². The first-order valence-electron chi connectivity index (χ1n) is 7.98. The van der Waals surface area contributed by atoms with Gasteiger partial charge in [-0.2, -0.15) is 0 Å². The minimum atomic E-state index is -3.56. The Labute approximate surface area is 182 Å². The van der Waals surface area contributed by atoms with Gasteiger partial charge in [-0.3, -0.25) is 9.98 Å². The molecule has 0 aliphatic carbocycles. The standard InChI is InChI=1S/C17H22ClN5O2S.HI/c1-19-17(23(2)13-14-5-3-6-15(18)11-14)21-9-10-22-26(24,25)16-7-4-8-20-12-16;/h3-8,11-12,22H,9-10,13H2,1-2H3,(H,19,21);1H. The Morgan fingerprint density at radius 1 is 1.26 bits per heavy atom. The van der Waals surface area contributed by atoms with Gasteiger partial charge in [0.05, 0.1) is 0 Å². The molecule has 2 aromatic rings. The number of benzene rings is 1. The summed E-state index contributed by atoms with van der Waals surface area (Å²) in [6.45, 7) is 1.24. The molecule has 0 fully saturated rings. The number of rotatable bonds is 7. The first-order chi connectivity index (χ1) is 12.4. The monoisotopic (exact) mass is 523 g/mol. The second kappa shape index (κ2) is 11.4. The lowest BCUT2D eigenvalue weighted by atomic mass is 10.2. The summed E-state index contributed by atoms with van der Waals surface area (Å²) in [6, 6.07) is 10.7. The first-order valence-corrected chi connectivity index (χ1v) is 9.84. The van der Waals surface area contributed by atoms with E-state index in [9.17, 15) is 8.42 Å². The van der Waals surface area contributed by atoms with E-state index in [1.54, 1.807) is 13.1 Å². The number of hydrogen-bond donors (Lipinski definition) is 2. The molecule has 10 heteroatoms. The number of aromatic nitrogens is 1. The van der Waals surface area contributed by atoms with E-state index in [0.717, 1.165) is 5.56 Å². The third kappa shape index (κ3) is 7.60. The molecule has 0 unspecified atom stereocenters. The number of guanidine groups is 1. The highest BCUT2D eigenvalue weighted by Crippen LogP contribution is 2.12. The predicted octanol–water partition coefficient (Wildman–Crippen LogP) is 2.34. The van der Waals surface area contributed by atoms with Crippen LogP contribution in [0, 0.1) is 0 Å². The molecule has 148 valence electrons. The molecule has 0 aliphatic heterocycles. The molecular weight excluding hydrogens is 501 g/mol. The van der Waals surface area contributed by atoms with Crippen LogP contribution in [0.15, 0.2) is 58.7 Å². The van der Waals surface area contributed by atoms with E-state index in [4.69, 9.17) is 11.6 Å². The van der Waals surface area contributed by atoms with Gasteiger partial charge >= 0.3 is 0 Å². The molecule has 0 saturated carbocycles. The molecule has 0 spiro atoms.